The van der Waals surface area contributed by atoms with Gasteiger partial charge in [0.05, 0.1) is 17.6 Å². The van der Waals surface area contributed by atoms with Gasteiger partial charge < -0.3 is 24.0 Å². The average molecular weight is 700 g/mol. The third-order valence-electron chi connectivity index (χ3n) is 9.89. The van der Waals surface area contributed by atoms with E-state index in [4.69, 9.17) is 30.6 Å². The molecule has 4 aromatic rings. The predicted octanol–water partition coefficient (Wildman–Crippen LogP) is 7.64. The van der Waals surface area contributed by atoms with Crippen LogP contribution in [-0.2, 0) is 9.47 Å². The van der Waals surface area contributed by atoms with Crippen molar-refractivity contribution in [1.29, 1.82) is 0 Å². The Morgan fingerprint density at radius 3 is 2.47 bits per heavy atom. The monoisotopic (exact) mass is 699 g/mol. The second-order valence-electron chi connectivity index (χ2n) is 15.0. The van der Waals surface area contributed by atoms with E-state index in [1.54, 1.807) is 24.4 Å². The first kappa shape index (κ1) is 36.3. The molecule has 0 N–H and O–H groups in total. The quantitative estimate of drug-likeness (QED) is 0.130. The van der Waals surface area contributed by atoms with Gasteiger partial charge in [-0.05, 0) is 103 Å². The smallest absolute Gasteiger partial charge is 0.410 e. The summed E-state index contributed by atoms with van der Waals surface area (Å²) in [6.07, 6.45) is 9.67. The van der Waals surface area contributed by atoms with Crippen LogP contribution in [-0.4, -0.2) is 91.2 Å². The molecule has 4 heterocycles. The topological polar surface area (TPSA) is 80.3 Å². The van der Waals surface area contributed by atoms with Gasteiger partial charge in [-0.25, -0.2) is 18.6 Å². The van der Waals surface area contributed by atoms with Crippen molar-refractivity contribution in [3.05, 3.63) is 58.9 Å². The van der Waals surface area contributed by atoms with E-state index >= 15 is 8.78 Å². The molecule has 2 fully saturated rings. The number of piperazine rings is 1. The highest BCUT2D eigenvalue weighted by Crippen LogP contribution is 2.43. The number of carbonyl (C=O) groups is 1. The Bertz CT molecular complexity index is 2010. The molecule has 2 saturated heterocycles. The van der Waals surface area contributed by atoms with Gasteiger partial charge in [0.15, 0.2) is 12.6 Å². The molecule has 3 atom stereocenters. The van der Waals surface area contributed by atoms with E-state index in [0.29, 0.717) is 51.8 Å². The molecule has 9 nitrogen and oxygen atoms in total. The number of terminal acetylenes is 1. The number of halogens is 2. The summed E-state index contributed by atoms with van der Waals surface area (Å²) in [5, 5.41) is 1.92. The molecule has 2 aromatic heterocycles. The third-order valence-corrected chi connectivity index (χ3v) is 9.89. The van der Waals surface area contributed by atoms with E-state index in [0.717, 1.165) is 37.1 Å². The molecular weight excluding hydrogens is 652 g/mol. The lowest BCUT2D eigenvalue weighted by Gasteiger charge is -2.42. The van der Waals surface area contributed by atoms with Crippen LogP contribution in [0.5, 0.6) is 5.75 Å². The third kappa shape index (κ3) is 7.04. The van der Waals surface area contributed by atoms with Gasteiger partial charge in [-0.3, -0.25) is 9.88 Å². The summed E-state index contributed by atoms with van der Waals surface area (Å²) in [6.45, 7) is 11.5. The maximum absolute atomic E-state index is 17.5. The van der Waals surface area contributed by atoms with Crippen molar-refractivity contribution in [1.82, 2.24) is 19.8 Å². The maximum atomic E-state index is 17.5. The molecule has 1 amide bonds. The molecule has 0 spiro atoms. The van der Waals surface area contributed by atoms with Crippen molar-refractivity contribution in [2.75, 3.05) is 52.5 Å². The van der Waals surface area contributed by atoms with Crippen LogP contribution in [0.1, 0.15) is 69.7 Å². The second-order valence-corrected chi connectivity index (χ2v) is 15.0. The van der Waals surface area contributed by atoms with Gasteiger partial charge in [-0.2, -0.15) is 0 Å². The Hall–Kier alpha value is -4.53. The lowest BCUT2D eigenvalue weighted by Crippen LogP contribution is -2.57. The van der Waals surface area contributed by atoms with Gasteiger partial charge in [0.25, 0.3) is 0 Å². The number of pyridine rings is 2. The van der Waals surface area contributed by atoms with Gasteiger partial charge >= 0.3 is 6.09 Å². The summed E-state index contributed by atoms with van der Waals surface area (Å²) in [6, 6.07) is 6.11. The fraction of sp³-hybridized carbons (Fsp3) is 0.475. The summed E-state index contributed by atoms with van der Waals surface area (Å²) >= 11 is 0. The largest absolute Gasteiger partial charge is 0.468 e. The highest BCUT2D eigenvalue weighted by Gasteiger charge is 2.45. The van der Waals surface area contributed by atoms with E-state index in [-0.39, 0.29) is 42.1 Å². The van der Waals surface area contributed by atoms with Gasteiger partial charge in [0.1, 0.15) is 28.7 Å². The normalized spacial score (nSPS) is 18.1. The first-order valence-electron chi connectivity index (χ1n) is 17.5. The van der Waals surface area contributed by atoms with E-state index < -0.39 is 17.2 Å². The van der Waals surface area contributed by atoms with Crippen LogP contribution in [0.2, 0.25) is 0 Å². The van der Waals surface area contributed by atoms with Crippen LogP contribution in [0.3, 0.4) is 0 Å². The molecule has 2 bridgehead atoms. The fourth-order valence-electron chi connectivity index (χ4n) is 7.55. The minimum atomic E-state index is -0.603. The highest BCUT2D eigenvalue weighted by molar-refractivity contribution is 6.04. The number of nitrogens with zero attached hydrogens (tertiary/aromatic N) is 5. The van der Waals surface area contributed by atoms with Crippen LogP contribution in [0.15, 0.2) is 30.5 Å². The van der Waals surface area contributed by atoms with Gasteiger partial charge in [-0.1, -0.05) is 18.9 Å². The molecule has 0 aliphatic carbocycles. The number of carbonyl (C=O) groups excluding carboxylic acids is 1. The number of rotatable bonds is 9. The van der Waals surface area contributed by atoms with E-state index in [2.05, 4.69) is 22.6 Å². The molecule has 0 saturated carbocycles. The number of amides is 1. The first-order chi connectivity index (χ1) is 24.2. The highest BCUT2D eigenvalue weighted by atomic mass is 19.1. The van der Waals surface area contributed by atoms with E-state index in [1.165, 1.54) is 13.2 Å². The Morgan fingerprint density at radius 1 is 1.14 bits per heavy atom. The molecule has 270 valence electrons. The molecule has 2 aromatic carbocycles. The zero-order chi connectivity index (χ0) is 36.8. The van der Waals surface area contributed by atoms with Crippen molar-refractivity contribution >= 4 is 33.5 Å². The second kappa shape index (κ2) is 14.2. The van der Waals surface area contributed by atoms with Crippen molar-refractivity contribution in [3.8, 4) is 29.4 Å². The van der Waals surface area contributed by atoms with Crippen LogP contribution >= 0.6 is 0 Å². The predicted molar refractivity (Wildman–Crippen MR) is 196 cm³/mol. The number of methoxy groups -OCH3 is 1. The van der Waals surface area contributed by atoms with Gasteiger partial charge in [-0.15, -0.1) is 6.42 Å². The summed E-state index contributed by atoms with van der Waals surface area (Å²) in [5.74, 6) is 2.38. The minimum absolute atomic E-state index is 0.0140. The number of ether oxygens (including phenoxy) is 3. The Kier molecular flexibility index (Phi) is 10.1. The Labute approximate surface area is 298 Å². The molecular formula is C40H47F2N5O4. The number of anilines is 1. The number of aromatic nitrogens is 2. The summed E-state index contributed by atoms with van der Waals surface area (Å²) in [4.78, 5) is 29.4. The van der Waals surface area contributed by atoms with Crippen molar-refractivity contribution in [2.24, 2.45) is 0 Å². The maximum Gasteiger partial charge on any atom is 0.410 e. The van der Waals surface area contributed by atoms with Gasteiger partial charge in [0.2, 0.25) is 0 Å². The zero-order valence-electron chi connectivity index (χ0n) is 30.8. The van der Waals surface area contributed by atoms with Crippen LogP contribution in [0, 0.1) is 30.9 Å². The van der Waals surface area contributed by atoms with E-state index in [9.17, 15) is 4.79 Å². The first-order valence-corrected chi connectivity index (χ1v) is 17.5. The standard InChI is InChI=1S/C40H47F2N5O4/c1-10-29-32(41)14-11-25-17-28(50-22-49-9)18-30(34(25)29)37-35(42)33-24(3)36(23(2)15-16-45(7)8)44-38(31(33)19-43-37)46-20-26-12-13-27(21-46)47(26)39(48)51-40(4,5)6/h1,11,14,17-19,23,26-27H,12-13,15-16,20-22H2,2-9H3. The van der Waals surface area contributed by atoms with Crippen molar-refractivity contribution < 1.29 is 27.8 Å². The molecule has 0 radical (unpaired) electrons. The minimum Gasteiger partial charge on any atom is -0.468 e. The van der Waals surface area contributed by atoms with Gasteiger partial charge in [0, 0.05) is 53.8 Å². The molecule has 2 aliphatic heterocycles. The lowest BCUT2D eigenvalue weighted by molar-refractivity contribution is 0.0123. The van der Waals surface area contributed by atoms with Crippen molar-refractivity contribution in [3.63, 3.8) is 0 Å². The molecule has 6 rings (SSSR count). The number of benzene rings is 2. The van der Waals surface area contributed by atoms with Crippen LogP contribution < -0.4 is 9.64 Å². The SMILES string of the molecule is C#Cc1c(F)ccc2cc(OCOC)cc(-c3ncc4c(N5CC6CCC(C5)N6C(=O)OC(C)(C)C)nc(C(C)CCN(C)C)c(C)c4c3F)c12. The molecule has 2 aliphatic rings. The molecule has 3 unspecified atom stereocenters. The zero-order valence-corrected chi connectivity index (χ0v) is 30.8. The van der Waals surface area contributed by atoms with Crippen LogP contribution in [0.4, 0.5) is 19.4 Å². The average Bonchev–Trinajstić information content (AvgIpc) is 3.34. The molecule has 51 heavy (non-hydrogen) atoms. The van der Waals surface area contributed by atoms with Crippen molar-refractivity contribution in [2.45, 2.75) is 77.5 Å². The number of hydrogen-bond acceptors (Lipinski definition) is 8. The van der Waals surface area contributed by atoms with Crippen LogP contribution in [0.25, 0.3) is 32.8 Å². The summed E-state index contributed by atoms with van der Waals surface area (Å²) < 4.78 is 49.3. The van der Waals surface area contributed by atoms with E-state index in [1.807, 2.05) is 46.7 Å². The lowest BCUT2D eigenvalue weighted by atomic mass is 9.92. The Morgan fingerprint density at radius 2 is 1.84 bits per heavy atom. The number of hydrogen-bond donors (Lipinski definition) is 0. The summed E-state index contributed by atoms with van der Waals surface area (Å²) in [7, 11) is 5.56. The molecule has 11 heteroatoms. The number of aryl methyl sites for hydroxylation is 1. The fourth-order valence-corrected chi connectivity index (χ4v) is 7.55. The number of fused-ring (bicyclic) bond motifs is 4. The summed E-state index contributed by atoms with van der Waals surface area (Å²) in [5.41, 5.74) is 1.28. The Balaban J connectivity index is 1.53.